The third-order valence-electron chi connectivity index (χ3n) is 6.57. The maximum atomic E-state index is 12.9. The highest BCUT2D eigenvalue weighted by molar-refractivity contribution is 5.85. The molecule has 0 bridgehead atoms. The predicted molar refractivity (Wildman–Crippen MR) is 128 cm³/mol. The number of primary amides is 1. The van der Waals surface area contributed by atoms with Crippen molar-refractivity contribution >= 4 is 11.8 Å². The Bertz CT molecular complexity index is 1110. The SMILES string of the molecule is Cc1cccc(-c2ccccc2C[C@]2(C(N)=O)CCN(C(=O)CCc3ccccc3)C2)c1. The first kappa shape index (κ1) is 21.8. The van der Waals surface area contributed by atoms with E-state index in [0.717, 1.165) is 22.3 Å². The van der Waals surface area contributed by atoms with Gasteiger partial charge in [-0.3, -0.25) is 9.59 Å². The molecule has 1 aliphatic rings. The van der Waals surface area contributed by atoms with Crippen molar-refractivity contribution in [2.24, 2.45) is 11.1 Å². The summed E-state index contributed by atoms with van der Waals surface area (Å²) in [4.78, 5) is 27.4. The van der Waals surface area contributed by atoms with Crippen molar-refractivity contribution < 1.29 is 9.59 Å². The average molecular weight is 427 g/mol. The number of hydrogen-bond donors (Lipinski definition) is 1. The Labute approximate surface area is 190 Å². The second kappa shape index (κ2) is 9.39. The molecule has 4 heteroatoms. The number of rotatable bonds is 7. The van der Waals surface area contributed by atoms with Crippen molar-refractivity contribution in [3.05, 3.63) is 95.6 Å². The minimum atomic E-state index is -0.734. The number of nitrogens with zero attached hydrogens (tertiary/aromatic N) is 1. The quantitative estimate of drug-likeness (QED) is 0.603. The van der Waals surface area contributed by atoms with Crippen LogP contribution in [0.3, 0.4) is 0 Å². The van der Waals surface area contributed by atoms with E-state index in [-0.39, 0.29) is 11.8 Å². The maximum absolute atomic E-state index is 12.9. The number of carbonyl (C=O) groups excluding carboxylic acids is 2. The molecular formula is C28H30N2O2. The van der Waals surface area contributed by atoms with E-state index < -0.39 is 5.41 Å². The summed E-state index contributed by atoms with van der Waals surface area (Å²) in [7, 11) is 0. The third kappa shape index (κ3) is 4.75. The summed E-state index contributed by atoms with van der Waals surface area (Å²) >= 11 is 0. The molecule has 0 aromatic heterocycles. The molecular weight excluding hydrogens is 396 g/mol. The van der Waals surface area contributed by atoms with Crippen molar-refractivity contribution in [3.8, 4) is 11.1 Å². The summed E-state index contributed by atoms with van der Waals surface area (Å²) in [5.74, 6) is -0.237. The molecule has 0 spiro atoms. The molecule has 1 atom stereocenters. The van der Waals surface area contributed by atoms with Crippen molar-refractivity contribution in [1.29, 1.82) is 0 Å². The van der Waals surface area contributed by atoms with Crippen LogP contribution in [0, 0.1) is 12.3 Å². The van der Waals surface area contributed by atoms with E-state index in [9.17, 15) is 9.59 Å². The molecule has 2 amide bonds. The molecule has 1 fully saturated rings. The second-order valence-corrected chi connectivity index (χ2v) is 8.90. The molecule has 0 radical (unpaired) electrons. The molecule has 1 aliphatic heterocycles. The van der Waals surface area contributed by atoms with Gasteiger partial charge in [0.15, 0.2) is 0 Å². The third-order valence-corrected chi connectivity index (χ3v) is 6.57. The van der Waals surface area contributed by atoms with E-state index in [1.165, 1.54) is 5.56 Å². The van der Waals surface area contributed by atoms with Gasteiger partial charge in [-0.1, -0.05) is 84.4 Å². The lowest BCUT2D eigenvalue weighted by Gasteiger charge is -2.27. The fourth-order valence-electron chi connectivity index (χ4n) is 4.71. The normalized spacial score (nSPS) is 18.0. The van der Waals surface area contributed by atoms with Crippen LogP contribution in [0.25, 0.3) is 11.1 Å². The number of aryl methyl sites for hydroxylation is 2. The smallest absolute Gasteiger partial charge is 0.225 e. The zero-order chi connectivity index (χ0) is 22.6. The number of likely N-dealkylation sites (tertiary alicyclic amines) is 1. The van der Waals surface area contributed by atoms with Gasteiger partial charge in [0.05, 0.1) is 5.41 Å². The van der Waals surface area contributed by atoms with Gasteiger partial charge in [0.1, 0.15) is 0 Å². The summed E-state index contributed by atoms with van der Waals surface area (Å²) in [5.41, 5.74) is 10.9. The monoisotopic (exact) mass is 426 g/mol. The molecule has 1 saturated heterocycles. The minimum Gasteiger partial charge on any atom is -0.369 e. The largest absolute Gasteiger partial charge is 0.369 e. The van der Waals surface area contributed by atoms with Crippen LogP contribution < -0.4 is 5.73 Å². The molecule has 3 aromatic carbocycles. The number of benzene rings is 3. The minimum absolute atomic E-state index is 0.0870. The van der Waals surface area contributed by atoms with Crippen LogP contribution in [-0.4, -0.2) is 29.8 Å². The van der Waals surface area contributed by atoms with Crippen LogP contribution in [-0.2, 0) is 22.4 Å². The Morgan fingerprint density at radius 2 is 1.72 bits per heavy atom. The molecule has 0 aliphatic carbocycles. The van der Waals surface area contributed by atoms with Gasteiger partial charge in [-0.05, 0) is 48.4 Å². The fraction of sp³-hybridized carbons (Fsp3) is 0.286. The van der Waals surface area contributed by atoms with E-state index >= 15 is 0 Å². The average Bonchev–Trinajstić information content (AvgIpc) is 3.24. The number of nitrogens with two attached hydrogens (primary N) is 1. The number of hydrogen-bond acceptors (Lipinski definition) is 2. The van der Waals surface area contributed by atoms with E-state index in [1.807, 2.05) is 53.4 Å². The molecule has 4 nitrogen and oxygen atoms in total. The lowest BCUT2D eigenvalue weighted by molar-refractivity contribution is -0.132. The van der Waals surface area contributed by atoms with Crippen LogP contribution >= 0.6 is 0 Å². The highest BCUT2D eigenvalue weighted by Gasteiger charge is 2.44. The maximum Gasteiger partial charge on any atom is 0.225 e. The molecule has 0 unspecified atom stereocenters. The van der Waals surface area contributed by atoms with Crippen molar-refractivity contribution in [1.82, 2.24) is 4.90 Å². The summed E-state index contributed by atoms with van der Waals surface area (Å²) in [6, 6.07) is 26.6. The van der Waals surface area contributed by atoms with E-state index in [4.69, 9.17) is 5.73 Å². The van der Waals surface area contributed by atoms with Crippen molar-refractivity contribution in [2.75, 3.05) is 13.1 Å². The molecule has 4 rings (SSSR count). The van der Waals surface area contributed by atoms with Gasteiger partial charge in [0.25, 0.3) is 0 Å². The van der Waals surface area contributed by atoms with Crippen molar-refractivity contribution in [3.63, 3.8) is 0 Å². The zero-order valence-electron chi connectivity index (χ0n) is 18.6. The number of carbonyl (C=O) groups is 2. The summed E-state index contributed by atoms with van der Waals surface area (Å²) in [6.45, 7) is 3.04. The Kier molecular flexibility index (Phi) is 6.40. The Morgan fingerprint density at radius 1 is 0.969 bits per heavy atom. The first-order chi connectivity index (χ1) is 15.5. The van der Waals surface area contributed by atoms with Gasteiger partial charge >= 0.3 is 0 Å². The van der Waals surface area contributed by atoms with Gasteiger partial charge < -0.3 is 10.6 Å². The predicted octanol–water partition coefficient (Wildman–Crippen LogP) is 4.54. The Morgan fingerprint density at radius 3 is 2.47 bits per heavy atom. The summed E-state index contributed by atoms with van der Waals surface area (Å²) in [5, 5.41) is 0. The highest BCUT2D eigenvalue weighted by atomic mass is 16.2. The van der Waals surface area contributed by atoms with Gasteiger partial charge in [-0.25, -0.2) is 0 Å². The lowest BCUT2D eigenvalue weighted by atomic mass is 9.78. The van der Waals surface area contributed by atoms with E-state index in [1.54, 1.807) is 0 Å². The zero-order valence-corrected chi connectivity index (χ0v) is 18.6. The fourth-order valence-corrected chi connectivity index (χ4v) is 4.71. The Balaban J connectivity index is 1.51. The molecule has 0 saturated carbocycles. The van der Waals surface area contributed by atoms with Crippen molar-refractivity contribution in [2.45, 2.75) is 32.6 Å². The van der Waals surface area contributed by atoms with Gasteiger partial charge in [-0.2, -0.15) is 0 Å². The summed E-state index contributed by atoms with van der Waals surface area (Å²) in [6.07, 6.45) is 2.28. The summed E-state index contributed by atoms with van der Waals surface area (Å²) < 4.78 is 0. The van der Waals surface area contributed by atoms with E-state index in [0.29, 0.717) is 38.8 Å². The first-order valence-electron chi connectivity index (χ1n) is 11.2. The Hall–Kier alpha value is -3.40. The molecule has 32 heavy (non-hydrogen) atoms. The molecule has 1 heterocycles. The van der Waals surface area contributed by atoms with Gasteiger partial charge in [0, 0.05) is 19.5 Å². The molecule has 164 valence electrons. The van der Waals surface area contributed by atoms with Gasteiger partial charge in [-0.15, -0.1) is 0 Å². The molecule has 3 aromatic rings. The number of amides is 2. The highest BCUT2D eigenvalue weighted by Crippen LogP contribution is 2.37. The van der Waals surface area contributed by atoms with Crippen LogP contribution in [0.4, 0.5) is 0 Å². The van der Waals surface area contributed by atoms with Crippen LogP contribution in [0.1, 0.15) is 29.5 Å². The standard InChI is InChI=1S/C28H30N2O2/c1-21-8-7-12-23(18-21)25-13-6-5-11-24(25)19-28(27(29)32)16-17-30(20-28)26(31)15-14-22-9-3-2-4-10-22/h2-13,18H,14-17,19-20H2,1H3,(H2,29,32)/t28-/m1/s1. The lowest BCUT2D eigenvalue weighted by Crippen LogP contribution is -2.42. The molecule has 2 N–H and O–H groups in total. The van der Waals surface area contributed by atoms with Crippen LogP contribution in [0.15, 0.2) is 78.9 Å². The van der Waals surface area contributed by atoms with Crippen LogP contribution in [0.5, 0.6) is 0 Å². The van der Waals surface area contributed by atoms with Crippen LogP contribution in [0.2, 0.25) is 0 Å². The second-order valence-electron chi connectivity index (χ2n) is 8.90. The first-order valence-corrected chi connectivity index (χ1v) is 11.2. The van der Waals surface area contributed by atoms with E-state index in [2.05, 4.69) is 37.3 Å². The van der Waals surface area contributed by atoms with Gasteiger partial charge in [0.2, 0.25) is 11.8 Å². The topological polar surface area (TPSA) is 63.4 Å².